The number of carbonyl (C=O) groups excluding carboxylic acids is 1. The maximum Gasteiger partial charge on any atom is 0.419 e. The number of rotatable bonds is 6. The number of nitrogens with zero attached hydrogens (tertiary/aromatic N) is 2. The summed E-state index contributed by atoms with van der Waals surface area (Å²) in [6.45, 7) is 3.31. The summed E-state index contributed by atoms with van der Waals surface area (Å²) in [6.07, 6.45) is 2.62. The van der Waals surface area contributed by atoms with Gasteiger partial charge in [-0.3, -0.25) is 19.5 Å². The van der Waals surface area contributed by atoms with Gasteiger partial charge in [0, 0.05) is 31.1 Å². The molecular formula is C17H22N4O5. The lowest BCUT2D eigenvalue weighted by Crippen LogP contribution is -2.46. The van der Waals surface area contributed by atoms with Gasteiger partial charge >= 0.3 is 5.76 Å². The zero-order chi connectivity index (χ0) is 18.7. The number of aryl methyl sites for hydroxylation is 1. The van der Waals surface area contributed by atoms with Crippen LogP contribution in [0.4, 0.5) is 5.69 Å². The first-order chi connectivity index (χ1) is 12.4. The number of nitro benzene ring substituents is 1. The molecule has 0 radical (unpaired) electrons. The third-order valence-electron chi connectivity index (χ3n) is 4.64. The minimum atomic E-state index is -0.576. The van der Waals surface area contributed by atoms with Crippen molar-refractivity contribution in [2.24, 2.45) is 0 Å². The summed E-state index contributed by atoms with van der Waals surface area (Å²) in [6, 6.07) is 4.65. The summed E-state index contributed by atoms with van der Waals surface area (Å²) in [5.41, 5.74) is 0.541. The van der Waals surface area contributed by atoms with Crippen molar-refractivity contribution >= 4 is 22.7 Å². The van der Waals surface area contributed by atoms with Gasteiger partial charge in [-0.15, -0.1) is 0 Å². The molecule has 2 atom stereocenters. The van der Waals surface area contributed by atoms with E-state index in [9.17, 15) is 19.7 Å². The largest absolute Gasteiger partial charge is 0.419 e. The highest BCUT2D eigenvalue weighted by Gasteiger charge is 2.20. The Labute approximate surface area is 149 Å². The second kappa shape index (κ2) is 7.69. The van der Waals surface area contributed by atoms with Crippen LogP contribution in [0.15, 0.2) is 27.4 Å². The Morgan fingerprint density at radius 1 is 1.50 bits per heavy atom. The first kappa shape index (κ1) is 18.1. The van der Waals surface area contributed by atoms with Crippen LogP contribution in [0.5, 0.6) is 0 Å². The van der Waals surface area contributed by atoms with E-state index in [0.29, 0.717) is 30.9 Å². The highest BCUT2D eigenvalue weighted by atomic mass is 16.6. The van der Waals surface area contributed by atoms with E-state index in [1.54, 1.807) is 0 Å². The van der Waals surface area contributed by atoms with E-state index in [2.05, 4.69) is 17.6 Å². The molecule has 1 aromatic carbocycles. The maximum absolute atomic E-state index is 12.1. The second-order valence-corrected chi connectivity index (χ2v) is 6.68. The van der Waals surface area contributed by atoms with Gasteiger partial charge in [0.15, 0.2) is 5.58 Å². The van der Waals surface area contributed by atoms with Crippen LogP contribution in [0.25, 0.3) is 11.1 Å². The highest BCUT2D eigenvalue weighted by Crippen LogP contribution is 2.20. The van der Waals surface area contributed by atoms with Crippen molar-refractivity contribution in [2.45, 2.75) is 51.2 Å². The van der Waals surface area contributed by atoms with Crippen LogP contribution in [-0.4, -0.2) is 34.0 Å². The molecule has 140 valence electrons. The Balaban J connectivity index is 1.57. The second-order valence-electron chi connectivity index (χ2n) is 6.68. The molecule has 1 aromatic heterocycles. The first-order valence-electron chi connectivity index (χ1n) is 8.74. The van der Waals surface area contributed by atoms with Gasteiger partial charge in [-0.1, -0.05) is 0 Å². The zero-order valence-electron chi connectivity index (χ0n) is 14.6. The molecule has 1 aliphatic rings. The number of amides is 1. The van der Waals surface area contributed by atoms with Crippen LogP contribution in [0.2, 0.25) is 0 Å². The number of aromatic nitrogens is 1. The fourth-order valence-corrected chi connectivity index (χ4v) is 3.34. The van der Waals surface area contributed by atoms with Gasteiger partial charge in [0.2, 0.25) is 5.91 Å². The third-order valence-corrected chi connectivity index (χ3v) is 4.64. The zero-order valence-corrected chi connectivity index (χ0v) is 14.6. The molecule has 2 unspecified atom stereocenters. The average Bonchev–Trinajstić information content (AvgIpc) is 2.89. The molecule has 2 aromatic rings. The normalized spacial score (nSPS) is 20.2. The molecule has 2 heterocycles. The first-order valence-corrected chi connectivity index (χ1v) is 8.74. The molecule has 0 aliphatic carbocycles. The summed E-state index contributed by atoms with van der Waals surface area (Å²) >= 11 is 0. The van der Waals surface area contributed by atoms with Crippen molar-refractivity contribution in [1.29, 1.82) is 0 Å². The van der Waals surface area contributed by atoms with Crippen molar-refractivity contribution in [3.8, 4) is 0 Å². The number of non-ortho nitro benzene ring substituents is 1. The van der Waals surface area contributed by atoms with E-state index in [-0.39, 0.29) is 23.2 Å². The summed E-state index contributed by atoms with van der Waals surface area (Å²) in [7, 11) is 0. The summed E-state index contributed by atoms with van der Waals surface area (Å²) in [5.74, 6) is -0.603. The molecule has 1 fully saturated rings. The van der Waals surface area contributed by atoms with Crippen LogP contribution in [0.3, 0.4) is 0 Å². The van der Waals surface area contributed by atoms with Crippen LogP contribution in [0.1, 0.15) is 32.6 Å². The Kier molecular flexibility index (Phi) is 5.36. The van der Waals surface area contributed by atoms with E-state index in [1.165, 1.54) is 22.8 Å². The number of hydrogen-bond acceptors (Lipinski definition) is 6. The Morgan fingerprint density at radius 2 is 2.31 bits per heavy atom. The molecule has 1 aliphatic heterocycles. The van der Waals surface area contributed by atoms with Gasteiger partial charge in [-0.2, -0.15) is 0 Å². The van der Waals surface area contributed by atoms with E-state index in [4.69, 9.17) is 4.42 Å². The number of fused-ring (bicyclic) bond motifs is 1. The molecule has 0 bridgehead atoms. The van der Waals surface area contributed by atoms with Crippen LogP contribution < -0.4 is 16.4 Å². The van der Waals surface area contributed by atoms with Crippen LogP contribution in [0, 0.1) is 10.1 Å². The summed E-state index contributed by atoms with van der Waals surface area (Å²) in [5, 5.41) is 17.2. The number of benzene rings is 1. The molecule has 0 spiro atoms. The van der Waals surface area contributed by atoms with Crippen molar-refractivity contribution in [3.63, 3.8) is 0 Å². The number of hydrogen-bond donors (Lipinski definition) is 2. The quantitative estimate of drug-likeness (QED) is 0.594. The van der Waals surface area contributed by atoms with Gasteiger partial charge in [-0.25, -0.2) is 4.79 Å². The standard InChI is InChI=1S/C17H22N4O5/c1-11-9-12(6-7-18-11)19-16(22)3-2-8-20-14-5-4-13(21(24)25)10-15(14)26-17(20)23/h4-5,10-12,18H,2-3,6-9H2,1H3,(H,19,22). The number of nitrogens with one attached hydrogen (secondary N) is 2. The molecule has 2 N–H and O–H groups in total. The summed E-state index contributed by atoms with van der Waals surface area (Å²) < 4.78 is 6.48. The number of piperidine rings is 1. The van der Waals surface area contributed by atoms with Crippen LogP contribution >= 0.6 is 0 Å². The molecule has 9 heteroatoms. The SMILES string of the molecule is CC1CC(NC(=O)CCCn2c(=O)oc3cc([N+](=O)[O-])ccc32)CCN1. The van der Waals surface area contributed by atoms with Crippen molar-refractivity contribution in [1.82, 2.24) is 15.2 Å². The van der Waals surface area contributed by atoms with Gasteiger partial charge in [0.1, 0.15) is 0 Å². The van der Waals surface area contributed by atoms with Gasteiger partial charge in [-0.05, 0) is 38.8 Å². The molecule has 1 saturated heterocycles. The van der Waals surface area contributed by atoms with Crippen LogP contribution in [-0.2, 0) is 11.3 Å². The molecule has 9 nitrogen and oxygen atoms in total. The van der Waals surface area contributed by atoms with Crippen molar-refractivity contribution in [2.75, 3.05) is 6.54 Å². The topological polar surface area (TPSA) is 119 Å². The van der Waals surface area contributed by atoms with Crippen molar-refractivity contribution in [3.05, 3.63) is 38.9 Å². The van der Waals surface area contributed by atoms with E-state index in [1.807, 2.05) is 0 Å². The van der Waals surface area contributed by atoms with Gasteiger partial charge < -0.3 is 15.1 Å². The fraction of sp³-hybridized carbons (Fsp3) is 0.529. The lowest BCUT2D eigenvalue weighted by atomic mass is 10.0. The minimum Gasteiger partial charge on any atom is -0.407 e. The monoisotopic (exact) mass is 362 g/mol. The summed E-state index contributed by atoms with van der Waals surface area (Å²) in [4.78, 5) is 34.3. The van der Waals surface area contributed by atoms with Gasteiger partial charge in [0.05, 0.1) is 16.5 Å². The van der Waals surface area contributed by atoms with E-state index in [0.717, 1.165) is 19.4 Å². The predicted molar refractivity (Wildman–Crippen MR) is 95.0 cm³/mol. The minimum absolute atomic E-state index is 0.0272. The van der Waals surface area contributed by atoms with E-state index >= 15 is 0 Å². The smallest absolute Gasteiger partial charge is 0.407 e. The molecular weight excluding hydrogens is 340 g/mol. The lowest BCUT2D eigenvalue weighted by Gasteiger charge is -2.28. The number of carbonyl (C=O) groups is 1. The molecule has 26 heavy (non-hydrogen) atoms. The van der Waals surface area contributed by atoms with E-state index < -0.39 is 10.7 Å². The highest BCUT2D eigenvalue weighted by molar-refractivity contribution is 5.77. The number of oxazole rings is 1. The van der Waals surface area contributed by atoms with Gasteiger partial charge in [0.25, 0.3) is 5.69 Å². The fourth-order valence-electron chi connectivity index (χ4n) is 3.34. The molecule has 0 saturated carbocycles. The lowest BCUT2D eigenvalue weighted by molar-refractivity contribution is -0.384. The Hall–Kier alpha value is -2.68. The number of nitro groups is 1. The third kappa shape index (κ3) is 4.10. The molecule has 3 rings (SSSR count). The van der Waals surface area contributed by atoms with Crippen molar-refractivity contribution < 1.29 is 14.1 Å². The Bertz CT molecular complexity index is 872. The molecule has 1 amide bonds. The average molecular weight is 362 g/mol. The predicted octanol–water partition coefficient (Wildman–Crippen LogP) is 1.54. The Morgan fingerprint density at radius 3 is 3.04 bits per heavy atom. The maximum atomic E-state index is 12.1.